The van der Waals surface area contributed by atoms with Gasteiger partial charge in [-0.25, -0.2) is 4.98 Å². The summed E-state index contributed by atoms with van der Waals surface area (Å²) in [6.45, 7) is 4.79. The van der Waals surface area contributed by atoms with Gasteiger partial charge in [0.1, 0.15) is 5.82 Å². The van der Waals surface area contributed by atoms with E-state index < -0.39 is 0 Å². The van der Waals surface area contributed by atoms with E-state index in [9.17, 15) is 0 Å². The van der Waals surface area contributed by atoms with Crippen LogP contribution in [0.15, 0.2) is 24.3 Å². The fourth-order valence-corrected chi connectivity index (χ4v) is 1.94. The average molecular weight is 302 g/mol. The van der Waals surface area contributed by atoms with Gasteiger partial charge in [-0.1, -0.05) is 18.5 Å². The first-order chi connectivity index (χ1) is 10.1. The SMILES string of the molecule is CCCNc1nc(C)cc(Nc2cc(C#N)ccc2Cl)n1. The van der Waals surface area contributed by atoms with E-state index in [-0.39, 0.29) is 0 Å². The Morgan fingerprint density at radius 3 is 2.81 bits per heavy atom. The molecule has 0 saturated heterocycles. The van der Waals surface area contributed by atoms with Crippen molar-refractivity contribution < 1.29 is 0 Å². The largest absolute Gasteiger partial charge is 0.354 e. The highest BCUT2D eigenvalue weighted by molar-refractivity contribution is 6.33. The summed E-state index contributed by atoms with van der Waals surface area (Å²) in [5.74, 6) is 1.21. The van der Waals surface area contributed by atoms with E-state index in [1.54, 1.807) is 18.2 Å². The Morgan fingerprint density at radius 2 is 2.10 bits per heavy atom. The topological polar surface area (TPSA) is 73.6 Å². The number of aryl methyl sites for hydroxylation is 1. The first kappa shape index (κ1) is 15.1. The Labute approximate surface area is 129 Å². The van der Waals surface area contributed by atoms with Crippen LogP contribution in [0.1, 0.15) is 24.6 Å². The fourth-order valence-electron chi connectivity index (χ4n) is 1.78. The molecule has 0 fully saturated rings. The molecule has 0 amide bonds. The lowest BCUT2D eigenvalue weighted by atomic mass is 10.2. The average Bonchev–Trinajstić information content (AvgIpc) is 2.47. The number of benzene rings is 1. The second kappa shape index (κ2) is 6.91. The predicted octanol–water partition coefficient (Wildman–Crippen LogP) is 3.88. The standard InChI is InChI=1S/C15H16ClN5/c1-3-6-18-15-19-10(2)7-14(21-15)20-13-8-11(9-17)4-5-12(13)16/h4-5,7-8H,3,6H2,1-2H3,(H2,18,19,20,21). The minimum atomic E-state index is 0.535. The lowest BCUT2D eigenvalue weighted by Crippen LogP contribution is -2.07. The molecular formula is C15H16ClN5. The van der Waals surface area contributed by atoms with Gasteiger partial charge in [0.2, 0.25) is 5.95 Å². The van der Waals surface area contributed by atoms with Crippen molar-refractivity contribution in [3.05, 3.63) is 40.5 Å². The van der Waals surface area contributed by atoms with Crippen molar-refractivity contribution >= 4 is 29.1 Å². The first-order valence-corrected chi connectivity index (χ1v) is 7.06. The Balaban J connectivity index is 2.27. The van der Waals surface area contributed by atoms with Gasteiger partial charge in [0.15, 0.2) is 0 Å². The van der Waals surface area contributed by atoms with E-state index in [4.69, 9.17) is 16.9 Å². The van der Waals surface area contributed by atoms with Gasteiger partial charge in [0, 0.05) is 18.3 Å². The van der Waals surface area contributed by atoms with Gasteiger partial charge in [-0.15, -0.1) is 0 Å². The number of rotatable bonds is 5. The smallest absolute Gasteiger partial charge is 0.224 e. The fraction of sp³-hybridized carbons (Fsp3) is 0.267. The highest BCUT2D eigenvalue weighted by atomic mass is 35.5. The van der Waals surface area contributed by atoms with Crippen LogP contribution in [0.3, 0.4) is 0 Å². The molecule has 0 saturated carbocycles. The van der Waals surface area contributed by atoms with Crippen molar-refractivity contribution in [2.45, 2.75) is 20.3 Å². The van der Waals surface area contributed by atoms with Crippen molar-refractivity contribution in [2.75, 3.05) is 17.2 Å². The third kappa shape index (κ3) is 4.07. The summed E-state index contributed by atoms with van der Waals surface area (Å²) in [5.41, 5.74) is 2.03. The summed E-state index contributed by atoms with van der Waals surface area (Å²) < 4.78 is 0. The van der Waals surface area contributed by atoms with Crippen LogP contribution in [0.5, 0.6) is 0 Å². The molecular weight excluding hydrogens is 286 g/mol. The summed E-state index contributed by atoms with van der Waals surface area (Å²) in [7, 11) is 0. The van der Waals surface area contributed by atoms with Gasteiger partial charge in [-0.3, -0.25) is 0 Å². The first-order valence-electron chi connectivity index (χ1n) is 6.68. The molecule has 0 radical (unpaired) electrons. The minimum Gasteiger partial charge on any atom is -0.354 e. The minimum absolute atomic E-state index is 0.535. The molecule has 0 unspecified atom stereocenters. The maximum Gasteiger partial charge on any atom is 0.224 e. The lowest BCUT2D eigenvalue weighted by Gasteiger charge is -2.11. The zero-order valence-electron chi connectivity index (χ0n) is 11.9. The molecule has 108 valence electrons. The summed E-state index contributed by atoms with van der Waals surface area (Å²) in [6.07, 6.45) is 0.996. The number of aromatic nitrogens is 2. The van der Waals surface area contributed by atoms with Crippen LogP contribution in [0, 0.1) is 18.3 Å². The van der Waals surface area contributed by atoms with Gasteiger partial charge in [0.05, 0.1) is 22.3 Å². The van der Waals surface area contributed by atoms with E-state index in [1.807, 2.05) is 13.0 Å². The second-order valence-electron chi connectivity index (χ2n) is 4.58. The second-order valence-corrected chi connectivity index (χ2v) is 4.98. The number of hydrogen-bond acceptors (Lipinski definition) is 5. The molecule has 0 aliphatic rings. The molecule has 1 aromatic heterocycles. The Bertz CT molecular complexity index is 678. The number of halogens is 1. The number of nitriles is 1. The van der Waals surface area contributed by atoms with Gasteiger partial charge in [0.25, 0.3) is 0 Å². The van der Waals surface area contributed by atoms with E-state index in [0.29, 0.717) is 28.0 Å². The van der Waals surface area contributed by atoms with Crippen molar-refractivity contribution in [2.24, 2.45) is 0 Å². The molecule has 2 N–H and O–H groups in total. The van der Waals surface area contributed by atoms with Crippen molar-refractivity contribution in [1.82, 2.24) is 9.97 Å². The van der Waals surface area contributed by atoms with E-state index >= 15 is 0 Å². The number of hydrogen-bond donors (Lipinski definition) is 2. The zero-order valence-corrected chi connectivity index (χ0v) is 12.7. The summed E-state index contributed by atoms with van der Waals surface area (Å²) in [5, 5.41) is 15.8. The molecule has 2 rings (SSSR count). The van der Waals surface area contributed by atoms with Gasteiger partial charge in [-0.05, 0) is 31.5 Å². The van der Waals surface area contributed by atoms with E-state index in [1.165, 1.54) is 0 Å². The van der Waals surface area contributed by atoms with Crippen molar-refractivity contribution in [3.8, 4) is 6.07 Å². The summed E-state index contributed by atoms with van der Waals surface area (Å²) >= 11 is 6.14. The molecule has 0 aliphatic heterocycles. The van der Waals surface area contributed by atoms with Crippen LogP contribution >= 0.6 is 11.6 Å². The molecule has 2 aromatic rings. The summed E-state index contributed by atoms with van der Waals surface area (Å²) in [4.78, 5) is 8.71. The summed E-state index contributed by atoms with van der Waals surface area (Å²) in [6, 6.07) is 8.97. The van der Waals surface area contributed by atoms with Crippen LogP contribution in [0.4, 0.5) is 17.5 Å². The van der Waals surface area contributed by atoms with Crippen LogP contribution in [0.25, 0.3) is 0 Å². The van der Waals surface area contributed by atoms with E-state index in [2.05, 4.69) is 33.6 Å². The molecule has 0 atom stereocenters. The predicted molar refractivity (Wildman–Crippen MR) is 85.0 cm³/mol. The molecule has 1 heterocycles. The third-order valence-corrected chi connectivity index (χ3v) is 3.08. The Hall–Kier alpha value is -2.32. The van der Waals surface area contributed by atoms with E-state index in [0.717, 1.165) is 18.7 Å². The van der Waals surface area contributed by atoms with Crippen LogP contribution in [-0.4, -0.2) is 16.5 Å². The van der Waals surface area contributed by atoms with Crippen LogP contribution in [-0.2, 0) is 0 Å². The lowest BCUT2D eigenvalue weighted by molar-refractivity contribution is 0.947. The molecule has 6 heteroatoms. The van der Waals surface area contributed by atoms with Gasteiger partial charge in [-0.2, -0.15) is 10.2 Å². The Morgan fingerprint density at radius 1 is 1.29 bits per heavy atom. The molecule has 0 spiro atoms. The monoisotopic (exact) mass is 301 g/mol. The number of anilines is 3. The van der Waals surface area contributed by atoms with Crippen molar-refractivity contribution in [3.63, 3.8) is 0 Å². The Kier molecular flexibility index (Phi) is 4.96. The van der Waals surface area contributed by atoms with Crippen LogP contribution in [0.2, 0.25) is 5.02 Å². The highest BCUT2D eigenvalue weighted by Crippen LogP contribution is 2.26. The molecule has 0 aliphatic carbocycles. The number of nitrogens with zero attached hydrogens (tertiary/aromatic N) is 3. The molecule has 21 heavy (non-hydrogen) atoms. The normalized spacial score (nSPS) is 10.0. The molecule has 0 bridgehead atoms. The van der Waals surface area contributed by atoms with Crippen molar-refractivity contribution in [1.29, 1.82) is 5.26 Å². The van der Waals surface area contributed by atoms with Gasteiger partial charge < -0.3 is 10.6 Å². The maximum absolute atomic E-state index is 8.95. The molecule has 5 nitrogen and oxygen atoms in total. The van der Waals surface area contributed by atoms with Gasteiger partial charge >= 0.3 is 0 Å². The third-order valence-electron chi connectivity index (χ3n) is 2.75. The number of nitrogens with one attached hydrogen (secondary N) is 2. The quantitative estimate of drug-likeness (QED) is 0.877. The zero-order chi connectivity index (χ0) is 15.2. The van der Waals surface area contributed by atoms with Crippen LogP contribution < -0.4 is 10.6 Å². The maximum atomic E-state index is 8.95. The molecule has 1 aromatic carbocycles. The highest BCUT2D eigenvalue weighted by Gasteiger charge is 2.06.